The van der Waals surface area contributed by atoms with Gasteiger partial charge in [-0.15, -0.1) is 11.3 Å². The lowest BCUT2D eigenvalue weighted by Crippen LogP contribution is -2.00. The highest BCUT2D eigenvalue weighted by Crippen LogP contribution is 2.46. The molecule has 0 bridgehead atoms. The second kappa shape index (κ2) is 11.0. The van der Waals surface area contributed by atoms with E-state index in [0.717, 1.165) is 28.1 Å². The van der Waals surface area contributed by atoms with E-state index in [1.807, 2.05) is 11.3 Å². The molecule has 3 heterocycles. The van der Waals surface area contributed by atoms with Gasteiger partial charge >= 0.3 is 0 Å². The molecule has 0 radical (unpaired) electrons. The zero-order chi connectivity index (χ0) is 33.5. The quantitative estimate of drug-likeness (QED) is 0.183. The van der Waals surface area contributed by atoms with E-state index >= 15 is 0 Å². The molecule has 51 heavy (non-hydrogen) atoms. The molecular weight excluding hydrogens is 639 g/mol. The Kier molecular flexibility index (Phi) is 6.12. The maximum absolute atomic E-state index is 5.47. The first-order chi connectivity index (χ1) is 25.3. The van der Waals surface area contributed by atoms with Crippen LogP contribution in [0.5, 0.6) is 0 Å². The van der Waals surface area contributed by atoms with Crippen LogP contribution >= 0.6 is 11.3 Å². The van der Waals surface area contributed by atoms with Crippen molar-refractivity contribution in [2.75, 3.05) is 0 Å². The van der Waals surface area contributed by atoms with Crippen LogP contribution in [0.2, 0.25) is 0 Å². The number of fused-ring (bicyclic) bond motifs is 9. The van der Waals surface area contributed by atoms with Crippen LogP contribution in [-0.4, -0.2) is 14.1 Å². The summed E-state index contributed by atoms with van der Waals surface area (Å²) in [4.78, 5) is 5.47. The van der Waals surface area contributed by atoms with Crippen molar-refractivity contribution in [3.63, 3.8) is 0 Å². The molecule has 0 amide bonds. The molecule has 0 fully saturated rings. The molecule has 0 unspecified atom stereocenters. The van der Waals surface area contributed by atoms with Gasteiger partial charge < -0.3 is 4.57 Å². The largest absolute Gasteiger partial charge is 0.309 e. The minimum Gasteiger partial charge on any atom is -0.309 e. The van der Waals surface area contributed by atoms with E-state index in [0.29, 0.717) is 0 Å². The van der Waals surface area contributed by atoms with Gasteiger partial charge in [0, 0.05) is 47.6 Å². The number of rotatable bonds is 4. The number of thiophene rings is 1. The molecule has 0 aliphatic heterocycles. The maximum atomic E-state index is 5.47. The van der Waals surface area contributed by atoms with Gasteiger partial charge in [0.1, 0.15) is 5.82 Å². The molecular formula is C47H29N3S. The Hall–Kier alpha value is -6.49. The molecule has 0 atom stereocenters. The van der Waals surface area contributed by atoms with Gasteiger partial charge in [0.05, 0.1) is 27.8 Å². The van der Waals surface area contributed by atoms with E-state index in [1.165, 1.54) is 69.6 Å². The van der Waals surface area contributed by atoms with Crippen LogP contribution in [-0.2, 0) is 0 Å². The Morgan fingerprint density at radius 3 is 1.84 bits per heavy atom. The van der Waals surface area contributed by atoms with Gasteiger partial charge in [0.2, 0.25) is 0 Å². The first-order valence-corrected chi connectivity index (χ1v) is 18.1. The molecule has 3 nitrogen and oxygen atoms in total. The van der Waals surface area contributed by atoms with Crippen LogP contribution < -0.4 is 0 Å². The van der Waals surface area contributed by atoms with Crippen molar-refractivity contribution in [1.82, 2.24) is 14.1 Å². The topological polar surface area (TPSA) is 22.8 Å². The van der Waals surface area contributed by atoms with E-state index in [4.69, 9.17) is 4.98 Å². The van der Waals surface area contributed by atoms with Crippen molar-refractivity contribution < 1.29 is 0 Å². The van der Waals surface area contributed by atoms with Crippen molar-refractivity contribution in [2.24, 2.45) is 0 Å². The maximum Gasteiger partial charge on any atom is 0.147 e. The monoisotopic (exact) mass is 667 g/mol. The Morgan fingerprint density at radius 1 is 0.451 bits per heavy atom. The highest BCUT2D eigenvalue weighted by atomic mass is 32.1. The summed E-state index contributed by atoms with van der Waals surface area (Å²) in [6.45, 7) is 0. The summed E-state index contributed by atoms with van der Waals surface area (Å²) < 4.78 is 7.33. The average Bonchev–Trinajstić information content (AvgIpc) is 3.89. The van der Waals surface area contributed by atoms with E-state index in [2.05, 4.69) is 185 Å². The first kappa shape index (κ1) is 28.4. The number of nitrogens with zero attached hydrogens (tertiary/aromatic N) is 3. The van der Waals surface area contributed by atoms with Crippen LogP contribution in [0.1, 0.15) is 0 Å². The standard InChI is InChI=1S/C47H29N3S/c1-2-12-30(13-3-1)31-22-25-33(26-23-31)49-45-34-15-5-4-14-32(34)24-28-39(45)48-47(49)38-27-29-42(44-37-18-8-11-21-43(37)51-46(38)44)50-40-19-9-6-16-35(40)36-17-7-10-20-41(36)50/h1-29H. The van der Waals surface area contributed by atoms with Crippen LogP contribution in [0.3, 0.4) is 0 Å². The molecule has 4 heteroatoms. The number of hydrogen-bond donors (Lipinski definition) is 0. The molecule has 0 saturated heterocycles. The Labute approximate surface area is 297 Å². The van der Waals surface area contributed by atoms with Crippen molar-refractivity contribution >= 4 is 75.1 Å². The molecule has 0 aliphatic carbocycles. The normalized spacial score (nSPS) is 11.9. The van der Waals surface area contributed by atoms with Crippen molar-refractivity contribution in [1.29, 1.82) is 0 Å². The zero-order valence-electron chi connectivity index (χ0n) is 27.5. The summed E-state index contributed by atoms with van der Waals surface area (Å²) in [5.41, 5.74) is 10.3. The van der Waals surface area contributed by atoms with Gasteiger partial charge in [-0.2, -0.15) is 0 Å². The second-order valence-electron chi connectivity index (χ2n) is 13.1. The lowest BCUT2D eigenvalue weighted by Gasteiger charge is -2.15. The molecule has 8 aromatic carbocycles. The SMILES string of the molecule is c1ccc(-c2ccc(-n3c(-c4ccc(-n5c6ccccc6c6ccccc65)c5c4sc4ccccc45)nc4ccc5ccccc5c43)cc2)cc1. The number of hydrogen-bond acceptors (Lipinski definition) is 2. The molecule has 238 valence electrons. The smallest absolute Gasteiger partial charge is 0.147 e. The van der Waals surface area contributed by atoms with Gasteiger partial charge in [0.15, 0.2) is 0 Å². The van der Waals surface area contributed by atoms with Crippen LogP contribution in [0.25, 0.3) is 97.7 Å². The molecule has 11 rings (SSSR count). The van der Waals surface area contributed by atoms with E-state index in [1.54, 1.807) is 0 Å². The van der Waals surface area contributed by atoms with Gasteiger partial charge in [0.25, 0.3) is 0 Å². The van der Waals surface area contributed by atoms with Crippen molar-refractivity contribution in [3.8, 4) is 33.9 Å². The summed E-state index contributed by atoms with van der Waals surface area (Å²) in [6, 6.07) is 63.5. The predicted molar refractivity (Wildman–Crippen MR) is 217 cm³/mol. The molecule has 0 aliphatic rings. The zero-order valence-corrected chi connectivity index (χ0v) is 28.3. The van der Waals surface area contributed by atoms with Crippen LogP contribution in [0.15, 0.2) is 176 Å². The van der Waals surface area contributed by atoms with Crippen LogP contribution in [0.4, 0.5) is 0 Å². The first-order valence-electron chi connectivity index (χ1n) is 17.3. The Morgan fingerprint density at radius 2 is 1.08 bits per heavy atom. The lowest BCUT2D eigenvalue weighted by molar-refractivity contribution is 1.11. The fraction of sp³-hybridized carbons (Fsp3) is 0. The Bertz CT molecular complexity index is 3070. The van der Waals surface area contributed by atoms with Gasteiger partial charge in [-0.1, -0.05) is 127 Å². The summed E-state index contributed by atoms with van der Waals surface area (Å²) in [6.07, 6.45) is 0. The van der Waals surface area contributed by atoms with E-state index < -0.39 is 0 Å². The second-order valence-corrected chi connectivity index (χ2v) is 14.2. The number of aromatic nitrogens is 3. The fourth-order valence-corrected chi connectivity index (χ4v) is 9.29. The third-order valence-corrected chi connectivity index (χ3v) is 11.5. The molecule has 3 aromatic heterocycles. The molecule has 0 saturated carbocycles. The van der Waals surface area contributed by atoms with E-state index in [-0.39, 0.29) is 0 Å². The van der Waals surface area contributed by atoms with Crippen LogP contribution in [0, 0.1) is 0 Å². The number of benzene rings is 8. The minimum absolute atomic E-state index is 0.944. The predicted octanol–water partition coefficient (Wildman–Crippen LogP) is 13.0. The Balaban J connectivity index is 1.23. The molecule has 0 N–H and O–H groups in total. The lowest BCUT2D eigenvalue weighted by atomic mass is 10.0. The minimum atomic E-state index is 0.944. The third kappa shape index (κ3) is 4.21. The van der Waals surface area contributed by atoms with Crippen molar-refractivity contribution in [3.05, 3.63) is 176 Å². The molecule has 0 spiro atoms. The number of imidazole rings is 1. The summed E-state index contributed by atoms with van der Waals surface area (Å²) in [5.74, 6) is 0.944. The summed E-state index contributed by atoms with van der Waals surface area (Å²) >= 11 is 1.86. The van der Waals surface area contributed by atoms with Gasteiger partial charge in [-0.05, 0) is 65.0 Å². The highest BCUT2D eigenvalue weighted by Gasteiger charge is 2.23. The number of para-hydroxylation sites is 2. The summed E-state index contributed by atoms with van der Waals surface area (Å²) in [5, 5.41) is 7.43. The highest BCUT2D eigenvalue weighted by molar-refractivity contribution is 7.26. The fourth-order valence-electron chi connectivity index (χ4n) is 8.06. The van der Waals surface area contributed by atoms with Crippen molar-refractivity contribution in [2.45, 2.75) is 0 Å². The van der Waals surface area contributed by atoms with Gasteiger partial charge in [-0.25, -0.2) is 4.98 Å². The third-order valence-electron chi connectivity index (χ3n) is 10.3. The average molecular weight is 668 g/mol. The summed E-state index contributed by atoms with van der Waals surface area (Å²) in [7, 11) is 0. The van der Waals surface area contributed by atoms with E-state index in [9.17, 15) is 0 Å². The molecule has 11 aromatic rings. The van der Waals surface area contributed by atoms with Gasteiger partial charge in [-0.3, -0.25) is 4.57 Å².